The van der Waals surface area contributed by atoms with Crippen LogP contribution in [0.25, 0.3) is 0 Å². The first-order valence-corrected chi connectivity index (χ1v) is 10.7. The molecule has 1 atom stereocenters. The van der Waals surface area contributed by atoms with Gasteiger partial charge in [-0.25, -0.2) is 0 Å². The molecule has 0 N–H and O–H groups in total. The fourth-order valence-electron chi connectivity index (χ4n) is 2.71. The van der Waals surface area contributed by atoms with E-state index in [2.05, 4.69) is 86.4 Å². The van der Waals surface area contributed by atoms with Gasteiger partial charge in [-0.05, 0) is 108 Å². The summed E-state index contributed by atoms with van der Waals surface area (Å²) in [5.74, 6) is 1.51. The topological polar surface area (TPSA) is 30.9 Å². The van der Waals surface area contributed by atoms with Gasteiger partial charge in [0.15, 0.2) is 11.5 Å². The second-order valence-corrected chi connectivity index (χ2v) is 11.9. The first-order chi connectivity index (χ1) is 12.8. The molecular formula is C25H45NO3. The van der Waals surface area contributed by atoms with Gasteiger partial charge in [-0.2, -0.15) is 0 Å². The summed E-state index contributed by atoms with van der Waals surface area (Å²) < 4.78 is 18.9. The van der Waals surface area contributed by atoms with Crippen molar-refractivity contribution in [3.63, 3.8) is 0 Å². The van der Waals surface area contributed by atoms with E-state index in [0.29, 0.717) is 0 Å². The van der Waals surface area contributed by atoms with Crippen molar-refractivity contribution >= 4 is 0 Å². The maximum Gasteiger partial charge on any atom is 0.162 e. The standard InChI is InChI=1S/C25H45NO3/c1-22(2,3)26(13)17-21(29-25(10,11)12)18-14-15-19(27-23(4,5)6)20(16-18)28-24(7,8)9/h14-16,21H,17H2,1-13H3/t21-/m0/s1. The van der Waals surface area contributed by atoms with Gasteiger partial charge in [0, 0.05) is 12.1 Å². The summed E-state index contributed by atoms with van der Waals surface area (Å²) >= 11 is 0. The summed E-state index contributed by atoms with van der Waals surface area (Å²) in [4.78, 5) is 2.33. The van der Waals surface area contributed by atoms with Crippen LogP contribution in [-0.2, 0) is 4.74 Å². The largest absolute Gasteiger partial charge is 0.484 e. The van der Waals surface area contributed by atoms with Gasteiger partial charge in [-0.1, -0.05) is 6.07 Å². The average molecular weight is 408 g/mol. The molecule has 4 nitrogen and oxygen atoms in total. The number of ether oxygens (including phenoxy) is 3. The lowest BCUT2D eigenvalue weighted by molar-refractivity contribution is -0.0791. The summed E-state index contributed by atoms with van der Waals surface area (Å²) in [6.45, 7) is 26.0. The summed E-state index contributed by atoms with van der Waals surface area (Å²) in [6, 6.07) is 6.19. The molecule has 4 heteroatoms. The number of nitrogens with zero attached hydrogens (tertiary/aromatic N) is 1. The third-order valence-corrected chi connectivity index (χ3v) is 4.25. The second-order valence-electron chi connectivity index (χ2n) is 11.9. The summed E-state index contributed by atoms with van der Waals surface area (Å²) in [5.41, 5.74) is 0.272. The molecule has 0 saturated carbocycles. The molecule has 1 rings (SSSR count). The van der Waals surface area contributed by atoms with Crippen LogP contribution in [0.2, 0.25) is 0 Å². The third kappa shape index (κ3) is 9.86. The van der Waals surface area contributed by atoms with E-state index in [-0.39, 0.29) is 28.4 Å². The van der Waals surface area contributed by atoms with E-state index in [1.165, 1.54) is 0 Å². The van der Waals surface area contributed by atoms with Crippen LogP contribution < -0.4 is 9.47 Å². The predicted molar refractivity (Wildman–Crippen MR) is 123 cm³/mol. The number of rotatable bonds is 6. The number of benzene rings is 1. The first-order valence-electron chi connectivity index (χ1n) is 10.7. The Bertz CT molecular complexity index is 655. The van der Waals surface area contributed by atoms with Crippen molar-refractivity contribution in [2.45, 2.75) is 112 Å². The highest BCUT2D eigenvalue weighted by Crippen LogP contribution is 2.37. The molecule has 0 heterocycles. The second kappa shape index (κ2) is 8.85. The molecule has 0 saturated heterocycles. The van der Waals surface area contributed by atoms with E-state index in [9.17, 15) is 0 Å². The van der Waals surface area contributed by atoms with Gasteiger partial charge in [0.25, 0.3) is 0 Å². The predicted octanol–water partition coefficient (Wildman–Crippen LogP) is 6.63. The lowest BCUT2D eigenvalue weighted by Crippen LogP contribution is -2.42. The molecular weight excluding hydrogens is 362 g/mol. The quantitative estimate of drug-likeness (QED) is 0.530. The number of likely N-dealkylation sites (N-methyl/N-ethyl adjacent to an activating group) is 1. The Morgan fingerprint density at radius 1 is 0.724 bits per heavy atom. The molecule has 0 amide bonds. The zero-order valence-electron chi connectivity index (χ0n) is 21.2. The van der Waals surface area contributed by atoms with E-state index in [1.54, 1.807) is 0 Å². The molecule has 0 aromatic heterocycles. The van der Waals surface area contributed by atoms with Crippen molar-refractivity contribution in [1.29, 1.82) is 0 Å². The Kier molecular flexibility index (Phi) is 7.87. The van der Waals surface area contributed by atoms with Crippen molar-refractivity contribution in [3.8, 4) is 11.5 Å². The summed E-state index contributed by atoms with van der Waals surface area (Å²) in [7, 11) is 2.14. The van der Waals surface area contributed by atoms with Crippen LogP contribution in [0.4, 0.5) is 0 Å². The molecule has 0 aliphatic heterocycles. The van der Waals surface area contributed by atoms with Gasteiger partial charge in [-0.3, -0.25) is 4.90 Å². The average Bonchev–Trinajstić information content (AvgIpc) is 2.43. The smallest absolute Gasteiger partial charge is 0.162 e. The molecule has 0 bridgehead atoms. The van der Waals surface area contributed by atoms with Gasteiger partial charge < -0.3 is 14.2 Å². The molecule has 0 aliphatic rings. The highest BCUT2D eigenvalue weighted by atomic mass is 16.5. The van der Waals surface area contributed by atoms with Crippen LogP contribution in [0.1, 0.15) is 94.8 Å². The monoisotopic (exact) mass is 407 g/mol. The molecule has 0 spiro atoms. The minimum absolute atomic E-state index is 0.0551. The van der Waals surface area contributed by atoms with E-state index in [0.717, 1.165) is 23.6 Å². The minimum atomic E-state index is -0.322. The van der Waals surface area contributed by atoms with Crippen molar-refractivity contribution in [1.82, 2.24) is 4.90 Å². The third-order valence-electron chi connectivity index (χ3n) is 4.25. The molecule has 0 fully saturated rings. The molecule has 168 valence electrons. The maximum absolute atomic E-state index is 6.48. The Morgan fingerprint density at radius 3 is 1.62 bits per heavy atom. The zero-order chi connectivity index (χ0) is 22.8. The zero-order valence-corrected chi connectivity index (χ0v) is 21.2. The Balaban J connectivity index is 3.38. The van der Waals surface area contributed by atoms with Crippen molar-refractivity contribution in [3.05, 3.63) is 23.8 Å². The summed E-state index contributed by atoms with van der Waals surface area (Å²) in [5, 5.41) is 0. The van der Waals surface area contributed by atoms with Gasteiger partial charge >= 0.3 is 0 Å². The number of hydrogen-bond donors (Lipinski definition) is 0. The lowest BCUT2D eigenvalue weighted by atomic mass is 10.0. The van der Waals surface area contributed by atoms with Crippen molar-refractivity contribution in [2.75, 3.05) is 13.6 Å². The Hall–Kier alpha value is -1.26. The molecule has 0 radical (unpaired) electrons. The molecule has 1 aromatic rings. The van der Waals surface area contributed by atoms with Crippen LogP contribution in [0.5, 0.6) is 11.5 Å². The van der Waals surface area contributed by atoms with E-state index in [4.69, 9.17) is 14.2 Å². The normalized spacial score (nSPS) is 14.8. The molecule has 1 aromatic carbocycles. The SMILES string of the molecule is CN(C[C@H](OC(C)(C)C)c1ccc(OC(C)(C)C)c(OC(C)(C)C)c1)C(C)(C)C. The molecule has 0 unspecified atom stereocenters. The highest BCUT2D eigenvalue weighted by Gasteiger charge is 2.28. The molecule has 29 heavy (non-hydrogen) atoms. The van der Waals surface area contributed by atoms with Gasteiger partial charge in [0.1, 0.15) is 11.2 Å². The highest BCUT2D eigenvalue weighted by molar-refractivity contribution is 5.44. The Labute approximate surface area is 179 Å². The van der Waals surface area contributed by atoms with E-state index >= 15 is 0 Å². The number of hydrogen-bond acceptors (Lipinski definition) is 4. The van der Waals surface area contributed by atoms with Crippen LogP contribution >= 0.6 is 0 Å². The maximum atomic E-state index is 6.48. The first kappa shape index (κ1) is 25.8. The van der Waals surface area contributed by atoms with Gasteiger partial charge in [-0.15, -0.1) is 0 Å². The Morgan fingerprint density at radius 2 is 1.21 bits per heavy atom. The van der Waals surface area contributed by atoms with Crippen molar-refractivity contribution in [2.24, 2.45) is 0 Å². The molecule has 0 aliphatic carbocycles. The fourth-order valence-corrected chi connectivity index (χ4v) is 2.71. The van der Waals surface area contributed by atoms with Crippen LogP contribution in [0.3, 0.4) is 0 Å². The van der Waals surface area contributed by atoms with Crippen LogP contribution in [0.15, 0.2) is 18.2 Å². The van der Waals surface area contributed by atoms with Crippen LogP contribution in [-0.4, -0.2) is 40.8 Å². The summed E-state index contributed by atoms with van der Waals surface area (Å²) in [6.07, 6.45) is -0.0785. The fraction of sp³-hybridized carbons (Fsp3) is 0.760. The van der Waals surface area contributed by atoms with Gasteiger partial charge in [0.05, 0.1) is 11.7 Å². The van der Waals surface area contributed by atoms with Crippen molar-refractivity contribution < 1.29 is 14.2 Å². The van der Waals surface area contributed by atoms with E-state index in [1.807, 2.05) is 26.8 Å². The minimum Gasteiger partial charge on any atom is -0.484 e. The van der Waals surface area contributed by atoms with E-state index < -0.39 is 0 Å². The lowest BCUT2D eigenvalue weighted by Gasteiger charge is -2.37. The van der Waals surface area contributed by atoms with Crippen LogP contribution in [0, 0.1) is 0 Å². The van der Waals surface area contributed by atoms with Gasteiger partial charge in [0.2, 0.25) is 0 Å².